The average molecular weight is 427 g/mol. The minimum Gasteiger partial charge on any atom is -0.443 e. The Labute approximate surface area is 177 Å². The predicted molar refractivity (Wildman–Crippen MR) is 104 cm³/mol. The van der Waals surface area contributed by atoms with Crippen molar-refractivity contribution in [3.63, 3.8) is 0 Å². The molecule has 2 saturated heterocycles. The number of nitrogens with zero attached hydrogens (tertiary/aromatic N) is 2. The fourth-order valence-corrected chi connectivity index (χ4v) is 3.86. The summed E-state index contributed by atoms with van der Waals surface area (Å²) in [6.07, 6.45) is -0.633. The van der Waals surface area contributed by atoms with Gasteiger partial charge in [0, 0.05) is 13.0 Å². The van der Waals surface area contributed by atoms with E-state index >= 15 is 0 Å². The summed E-state index contributed by atoms with van der Waals surface area (Å²) in [5, 5.41) is 2.14. The van der Waals surface area contributed by atoms with Crippen LogP contribution in [0.2, 0.25) is 0 Å². The molecule has 3 aliphatic heterocycles. The van der Waals surface area contributed by atoms with Crippen molar-refractivity contribution in [1.29, 1.82) is 0 Å². The first-order valence-electron chi connectivity index (χ1n) is 9.88. The van der Waals surface area contributed by atoms with Crippen molar-refractivity contribution >= 4 is 35.6 Å². The summed E-state index contributed by atoms with van der Waals surface area (Å²) < 4.78 is 5.20. The van der Waals surface area contributed by atoms with Crippen LogP contribution in [0.1, 0.15) is 65.8 Å². The molecule has 2 fully saturated rings. The maximum atomic E-state index is 12.9. The summed E-state index contributed by atoms with van der Waals surface area (Å²) in [4.78, 5) is 75.6. The maximum absolute atomic E-state index is 12.9. The van der Waals surface area contributed by atoms with E-state index in [2.05, 4.69) is 5.32 Å². The van der Waals surface area contributed by atoms with E-state index < -0.39 is 53.2 Å². The molecule has 1 aromatic rings. The van der Waals surface area contributed by atoms with Gasteiger partial charge in [0.25, 0.3) is 11.8 Å². The van der Waals surface area contributed by atoms with Crippen LogP contribution in [0.4, 0.5) is 4.79 Å². The third-order valence-electron chi connectivity index (χ3n) is 5.41. The van der Waals surface area contributed by atoms with Crippen molar-refractivity contribution in [2.24, 2.45) is 0 Å². The number of carbonyl (C=O) groups excluding carboxylic acids is 6. The molecule has 4 rings (SSSR count). The van der Waals surface area contributed by atoms with Gasteiger partial charge in [0.1, 0.15) is 11.6 Å². The molecule has 0 spiro atoms. The van der Waals surface area contributed by atoms with Crippen molar-refractivity contribution in [3.05, 3.63) is 34.9 Å². The normalized spacial score (nSPS) is 23.5. The van der Waals surface area contributed by atoms with Gasteiger partial charge in [-0.3, -0.25) is 34.2 Å². The van der Waals surface area contributed by atoms with Gasteiger partial charge in [0.05, 0.1) is 17.0 Å². The number of likely N-dealkylation sites (tertiary alicyclic amines) is 1. The molecule has 3 aliphatic rings. The first-order valence-corrected chi connectivity index (χ1v) is 9.88. The molecule has 10 nitrogen and oxygen atoms in total. The molecule has 0 radical (unpaired) electrons. The second kappa shape index (κ2) is 7.00. The van der Waals surface area contributed by atoms with Crippen LogP contribution < -0.4 is 5.32 Å². The molecular formula is C21H21N3O7. The van der Waals surface area contributed by atoms with E-state index in [-0.39, 0.29) is 30.5 Å². The molecule has 0 aromatic heterocycles. The highest BCUT2D eigenvalue weighted by atomic mass is 16.6. The molecule has 0 saturated carbocycles. The van der Waals surface area contributed by atoms with E-state index in [0.717, 1.165) is 9.80 Å². The fraction of sp³-hybridized carbons (Fsp3) is 0.429. The summed E-state index contributed by atoms with van der Waals surface area (Å²) in [6, 6.07) is 3.41. The zero-order valence-electron chi connectivity index (χ0n) is 17.3. The summed E-state index contributed by atoms with van der Waals surface area (Å²) in [5.41, 5.74) is -0.0118. The maximum Gasteiger partial charge on any atom is 0.417 e. The number of hydrogen-bond donors (Lipinski definition) is 1. The molecular weight excluding hydrogens is 406 g/mol. The van der Waals surface area contributed by atoms with Crippen LogP contribution in [0.5, 0.6) is 0 Å². The number of hydrogen-bond acceptors (Lipinski definition) is 7. The van der Waals surface area contributed by atoms with Crippen molar-refractivity contribution in [3.8, 4) is 0 Å². The van der Waals surface area contributed by atoms with E-state index in [1.165, 1.54) is 12.1 Å². The number of amides is 6. The molecule has 2 atom stereocenters. The van der Waals surface area contributed by atoms with Crippen molar-refractivity contribution in [2.45, 2.75) is 51.2 Å². The molecule has 0 aliphatic carbocycles. The summed E-state index contributed by atoms with van der Waals surface area (Å²) in [5.74, 6) is -3.48. The number of carbonyl (C=O) groups is 6. The smallest absolute Gasteiger partial charge is 0.417 e. The van der Waals surface area contributed by atoms with E-state index in [0.29, 0.717) is 5.56 Å². The highest BCUT2D eigenvalue weighted by molar-refractivity contribution is 6.23. The summed E-state index contributed by atoms with van der Waals surface area (Å²) in [7, 11) is 0. The topological polar surface area (TPSA) is 130 Å². The predicted octanol–water partition coefficient (Wildman–Crippen LogP) is 0.949. The Balaban J connectivity index is 1.52. The summed E-state index contributed by atoms with van der Waals surface area (Å²) >= 11 is 0. The lowest BCUT2D eigenvalue weighted by atomic mass is 9.89. The molecule has 1 aromatic carbocycles. The van der Waals surface area contributed by atoms with Gasteiger partial charge in [0.2, 0.25) is 17.7 Å². The first-order chi connectivity index (χ1) is 14.5. The zero-order valence-corrected chi connectivity index (χ0v) is 17.3. The standard InChI is InChI=1S/C21H21N3O7/c1-21(2,3)31-20(30)23-9-13(17(23)27)10-4-5-11-12(8-10)19(29)24(18(11)28)14-6-7-15(25)22-16(14)26/h4-5,8,13-14H,6-7,9H2,1-3H3,(H,22,25,26). The SMILES string of the molecule is CC(C)(C)OC(=O)N1CC(c2ccc3c(c2)C(=O)N(C2CCC(=O)NC2=O)C3=O)C1=O. The van der Waals surface area contributed by atoms with Gasteiger partial charge in [-0.2, -0.15) is 0 Å². The third-order valence-corrected chi connectivity index (χ3v) is 5.41. The molecule has 2 unspecified atom stereocenters. The largest absolute Gasteiger partial charge is 0.443 e. The summed E-state index contributed by atoms with van der Waals surface area (Å²) in [6.45, 7) is 5.20. The van der Waals surface area contributed by atoms with Crippen molar-refractivity contribution < 1.29 is 33.5 Å². The molecule has 6 amide bonds. The Morgan fingerprint density at radius 3 is 2.35 bits per heavy atom. The van der Waals surface area contributed by atoms with Crippen LogP contribution in [-0.4, -0.2) is 63.6 Å². The lowest BCUT2D eigenvalue weighted by molar-refractivity contribution is -0.141. The molecule has 31 heavy (non-hydrogen) atoms. The number of imide groups is 3. The van der Waals surface area contributed by atoms with Crippen LogP contribution in [0.3, 0.4) is 0 Å². The Hall–Kier alpha value is -3.56. The van der Waals surface area contributed by atoms with E-state index in [4.69, 9.17) is 4.74 Å². The first kappa shape index (κ1) is 20.7. The molecule has 3 heterocycles. The fourth-order valence-electron chi connectivity index (χ4n) is 3.86. The number of fused-ring (bicyclic) bond motifs is 1. The molecule has 10 heteroatoms. The van der Waals surface area contributed by atoms with Crippen molar-refractivity contribution in [2.75, 3.05) is 6.54 Å². The van der Waals surface area contributed by atoms with Crippen LogP contribution in [0, 0.1) is 0 Å². The Morgan fingerprint density at radius 2 is 1.74 bits per heavy atom. The van der Waals surface area contributed by atoms with E-state index in [9.17, 15) is 28.8 Å². The minimum atomic E-state index is -1.05. The molecule has 0 bridgehead atoms. The number of rotatable bonds is 2. The van der Waals surface area contributed by atoms with E-state index in [1.807, 2.05) is 0 Å². The highest BCUT2D eigenvalue weighted by Crippen LogP contribution is 2.34. The van der Waals surface area contributed by atoms with Gasteiger partial charge in [-0.1, -0.05) is 6.07 Å². The van der Waals surface area contributed by atoms with Gasteiger partial charge in [-0.25, -0.2) is 9.69 Å². The van der Waals surface area contributed by atoms with Crippen LogP contribution >= 0.6 is 0 Å². The van der Waals surface area contributed by atoms with Gasteiger partial charge >= 0.3 is 6.09 Å². The zero-order chi connectivity index (χ0) is 22.7. The molecule has 1 N–H and O–H groups in total. The van der Waals surface area contributed by atoms with Gasteiger partial charge in [0.15, 0.2) is 0 Å². The Bertz CT molecular complexity index is 1060. The van der Waals surface area contributed by atoms with Gasteiger partial charge < -0.3 is 4.74 Å². The lowest BCUT2D eigenvalue weighted by Gasteiger charge is -2.37. The Kier molecular flexibility index (Phi) is 4.68. The minimum absolute atomic E-state index is 0.0339. The van der Waals surface area contributed by atoms with E-state index in [1.54, 1.807) is 26.8 Å². The van der Waals surface area contributed by atoms with Crippen LogP contribution in [0.15, 0.2) is 18.2 Å². The molecule has 162 valence electrons. The van der Waals surface area contributed by atoms with Crippen LogP contribution in [0.25, 0.3) is 0 Å². The average Bonchev–Trinajstić information content (AvgIpc) is 2.90. The number of ether oxygens (including phenoxy) is 1. The number of benzene rings is 1. The highest BCUT2D eigenvalue weighted by Gasteiger charge is 2.47. The quantitative estimate of drug-likeness (QED) is 0.549. The monoisotopic (exact) mass is 427 g/mol. The number of nitrogens with one attached hydrogen (secondary N) is 1. The Morgan fingerprint density at radius 1 is 1.06 bits per heavy atom. The lowest BCUT2D eigenvalue weighted by Crippen LogP contribution is -2.55. The van der Waals surface area contributed by atoms with Gasteiger partial charge in [-0.15, -0.1) is 0 Å². The van der Waals surface area contributed by atoms with Crippen LogP contribution in [-0.2, 0) is 19.1 Å². The van der Waals surface area contributed by atoms with Crippen molar-refractivity contribution in [1.82, 2.24) is 15.1 Å². The second-order valence-electron chi connectivity index (χ2n) is 8.73. The number of piperidine rings is 1. The second-order valence-corrected chi connectivity index (χ2v) is 8.73. The third kappa shape index (κ3) is 3.47. The number of β-lactam (4-membered cyclic amide) rings is 1. The van der Waals surface area contributed by atoms with Gasteiger partial charge in [-0.05, 0) is 44.9 Å².